The number of fused-ring (bicyclic) bond motifs is 3. The zero-order valence-corrected chi connectivity index (χ0v) is 19.3. The summed E-state index contributed by atoms with van der Waals surface area (Å²) in [6, 6.07) is 10.4. The summed E-state index contributed by atoms with van der Waals surface area (Å²) in [5.41, 5.74) is 1.46. The third-order valence-electron chi connectivity index (χ3n) is 5.55. The molecule has 3 aromatic rings. The molecular formula is C23H24N4O5S. The predicted molar refractivity (Wildman–Crippen MR) is 126 cm³/mol. The van der Waals surface area contributed by atoms with Crippen molar-refractivity contribution < 1.29 is 23.8 Å². The number of nitrogens with zero attached hydrogens (tertiary/aromatic N) is 2. The maximum absolute atomic E-state index is 13.0. The summed E-state index contributed by atoms with van der Waals surface area (Å²) in [6.45, 7) is 0.344. The molecule has 0 radical (unpaired) electrons. The number of methoxy groups -OCH3 is 3. The predicted octanol–water partition coefficient (Wildman–Crippen LogP) is 3.32. The second kappa shape index (κ2) is 9.45. The van der Waals surface area contributed by atoms with E-state index in [0.29, 0.717) is 46.9 Å². The molecule has 1 amide bonds. The minimum absolute atomic E-state index is 0.144. The second-order valence-corrected chi connectivity index (χ2v) is 7.83. The number of ether oxygens (including phenoxy) is 3. The number of rotatable bonds is 8. The summed E-state index contributed by atoms with van der Waals surface area (Å²) in [4.78, 5) is 29.8. The van der Waals surface area contributed by atoms with Crippen LogP contribution in [0.1, 0.15) is 23.2 Å². The Morgan fingerprint density at radius 2 is 1.82 bits per heavy atom. The van der Waals surface area contributed by atoms with Gasteiger partial charge in [0.2, 0.25) is 10.7 Å². The van der Waals surface area contributed by atoms with Crippen LogP contribution < -0.4 is 24.8 Å². The highest BCUT2D eigenvalue weighted by molar-refractivity contribution is 7.71. The van der Waals surface area contributed by atoms with E-state index in [1.807, 2.05) is 24.3 Å². The van der Waals surface area contributed by atoms with E-state index in [9.17, 15) is 9.59 Å². The quantitative estimate of drug-likeness (QED) is 0.486. The number of carbonyl (C=O) groups is 2. The van der Waals surface area contributed by atoms with Crippen molar-refractivity contribution in [1.29, 1.82) is 0 Å². The lowest BCUT2D eigenvalue weighted by atomic mass is 10.1. The lowest BCUT2D eigenvalue weighted by molar-refractivity contribution is -0.121. The van der Waals surface area contributed by atoms with Gasteiger partial charge in [-0.1, -0.05) is 18.2 Å². The molecule has 0 fully saturated rings. The molecule has 0 saturated carbocycles. The molecule has 172 valence electrons. The van der Waals surface area contributed by atoms with E-state index in [4.69, 9.17) is 26.4 Å². The topological polar surface area (TPSA) is 104 Å². The molecule has 1 aliphatic rings. The third kappa shape index (κ3) is 4.34. The van der Waals surface area contributed by atoms with E-state index in [1.165, 1.54) is 18.8 Å². The second-order valence-electron chi connectivity index (χ2n) is 7.47. The number of hydrogen-bond donors (Lipinski definition) is 2. The van der Waals surface area contributed by atoms with Gasteiger partial charge in [-0.15, -0.1) is 0 Å². The molecule has 0 unspecified atom stereocenters. The van der Waals surface area contributed by atoms with Crippen LogP contribution in [-0.2, 0) is 11.3 Å². The van der Waals surface area contributed by atoms with Crippen LogP contribution in [-0.4, -0.2) is 48.7 Å². The fourth-order valence-corrected chi connectivity index (χ4v) is 4.13. The standard InChI is InChI=1S/C23H24N4O5S/c1-30-17-7-5-4-6-13(17)12-24-20(28)9-8-15-22(29)27-21(25-15)14-10-18(31-2)19(32-3)11-16(14)26-23(27)33/h4-7,10-11,15,25H,8-9,12H2,1-3H3,(H,24,28)/t15-/m1/s1. The van der Waals surface area contributed by atoms with Gasteiger partial charge in [-0.2, -0.15) is 0 Å². The first-order valence-electron chi connectivity index (χ1n) is 10.3. The largest absolute Gasteiger partial charge is 0.496 e. The minimum Gasteiger partial charge on any atom is -0.496 e. The summed E-state index contributed by atoms with van der Waals surface area (Å²) in [7, 11) is 4.67. The number of amides is 1. The first-order chi connectivity index (χ1) is 16.0. The van der Waals surface area contributed by atoms with Crippen LogP contribution in [0.5, 0.6) is 17.2 Å². The fourth-order valence-electron chi connectivity index (χ4n) is 3.85. The first-order valence-corrected chi connectivity index (χ1v) is 10.8. The zero-order valence-electron chi connectivity index (χ0n) is 18.5. The van der Waals surface area contributed by atoms with Crippen molar-refractivity contribution in [2.75, 3.05) is 26.6 Å². The molecule has 0 spiro atoms. The van der Waals surface area contributed by atoms with Gasteiger partial charge < -0.3 is 24.8 Å². The van der Waals surface area contributed by atoms with Gasteiger partial charge in [0.05, 0.1) is 26.8 Å². The van der Waals surface area contributed by atoms with E-state index < -0.39 is 6.04 Å². The van der Waals surface area contributed by atoms with E-state index in [2.05, 4.69) is 15.6 Å². The molecule has 0 aliphatic carbocycles. The van der Waals surface area contributed by atoms with Crippen LogP contribution >= 0.6 is 12.2 Å². The average molecular weight is 469 g/mol. The summed E-state index contributed by atoms with van der Waals surface area (Å²) in [5, 5.41) is 6.77. The third-order valence-corrected chi connectivity index (χ3v) is 5.82. The van der Waals surface area contributed by atoms with Crippen LogP contribution in [0.4, 0.5) is 5.82 Å². The molecule has 1 aliphatic heterocycles. The Morgan fingerprint density at radius 3 is 2.55 bits per heavy atom. The number of nitrogens with one attached hydrogen (secondary N) is 2. The van der Waals surface area contributed by atoms with Gasteiger partial charge in [0, 0.05) is 30.0 Å². The molecule has 2 heterocycles. The summed E-state index contributed by atoms with van der Waals surface area (Å²) >= 11 is 5.36. The number of para-hydroxylation sites is 1. The maximum Gasteiger partial charge on any atom is 0.257 e. The van der Waals surface area contributed by atoms with Crippen molar-refractivity contribution in [3.63, 3.8) is 0 Å². The highest BCUT2D eigenvalue weighted by atomic mass is 32.1. The highest BCUT2D eigenvalue weighted by Gasteiger charge is 2.32. The van der Waals surface area contributed by atoms with Crippen LogP contribution in [0, 0.1) is 4.77 Å². The number of carbonyl (C=O) groups excluding carboxylic acids is 2. The van der Waals surface area contributed by atoms with Crippen LogP contribution in [0.3, 0.4) is 0 Å². The molecule has 2 N–H and O–H groups in total. The molecule has 2 aromatic carbocycles. The average Bonchev–Trinajstić information content (AvgIpc) is 3.17. The number of benzene rings is 2. The fraction of sp³-hybridized carbons (Fsp3) is 0.304. The van der Waals surface area contributed by atoms with Crippen molar-refractivity contribution in [3.8, 4) is 17.2 Å². The number of hydrogen-bond acceptors (Lipinski definition) is 8. The highest BCUT2D eigenvalue weighted by Crippen LogP contribution is 2.36. The van der Waals surface area contributed by atoms with Gasteiger partial charge in [0.25, 0.3) is 5.91 Å². The Hall–Kier alpha value is -3.66. The molecule has 4 rings (SSSR count). The van der Waals surface area contributed by atoms with E-state index in [-0.39, 0.29) is 23.0 Å². The summed E-state index contributed by atoms with van der Waals surface area (Å²) in [6.07, 6.45) is 0.476. The van der Waals surface area contributed by atoms with Gasteiger partial charge >= 0.3 is 0 Å². The minimum atomic E-state index is -0.593. The van der Waals surface area contributed by atoms with E-state index >= 15 is 0 Å². The van der Waals surface area contributed by atoms with Gasteiger partial charge in [0.1, 0.15) is 17.6 Å². The van der Waals surface area contributed by atoms with Crippen LogP contribution in [0.2, 0.25) is 0 Å². The van der Waals surface area contributed by atoms with Crippen molar-refractivity contribution in [2.45, 2.75) is 25.4 Å². The Bertz CT molecular complexity index is 1290. The summed E-state index contributed by atoms with van der Waals surface area (Å²) < 4.78 is 17.5. The Balaban J connectivity index is 1.48. The molecule has 0 saturated heterocycles. The zero-order chi connectivity index (χ0) is 23.5. The Morgan fingerprint density at radius 1 is 1.12 bits per heavy atom. The Kier molecular flexibility index (Phi) is 6.45. The lowest BCUT2D eigenvalue weighted by Crippen LogP contribution is -2.29. The molecule has 9 nitrogen and oxygen atoms in total. The Labute approximate surface area is 195 Å². The normalized spacial score (nSPS) is 14.5. The molecule has 0 bridgehead atoms. The first kappa shape index (κ1) is 22.5. The van der Waals surface area contributed by atoms with Gasteiger partial charge in [-0.25, -0.2) is 9.55 Å². The van der Waals surface area contributed by atoms with Gasteiger partial charge in [-0.05, 0) is 30.8 Å². The molecule has 1 atom stereocenters. The number of anilines is 1. The molecular weight excluding hydrogens is 444 g/mol. The smallest absolute Gasteiger partial charge is 0.257 e. The van der Waals surface area contributed by atoms with Crippen molar-refractivity contribution in [3.05, 3.63) is 46.7 Å². The van der Waals surface area contributed by atoms with Crippen LogP contribution in [0.15, 0.2) is 36.4 Å². The van der Waals surface area contributed by atoms with Crippen LogP contribution in [0.25, 0.3) is 10.9 Å². The van der Waals surface area contributed by atoms with Crippen molar-refractivity contribution in [2.24, 2.45) is 0 Å². The van der Waals surface area contributed by atoms with Crippen molar-refractivity contribution in [1.82, 2.24) is 14.9 Å². The SMILES string of the molecule is COc1ccccc1CNC(=O)CC[C@H]1Nc2c3cc(OC)c(OC)cc3nc(=S)n2C1=O. The van der Waals surface area contributed by atoms with E-state index in [0.717, 1.165) is 5.56 Å². The van der Waals surface area contributed by atoms with Gasteiger partial charge in [-0.3, -0.25) is 9.59 Å². The molecule has 1 aromatic heterocycles. The number of aromatic nitrogens is 2. The maximum atomic E-state index is 13.0. The molecule has 10 heteroatoms. The van der Waals surface area contributed by atoms with Crippen molar-refractivity contribution >= 4 is 40.8 Å². The van der Waals surface area contributed by atoms with E-state index in [1.54, 1.807) is 19.2 Å². The van der Waals surface area contributed by atoms with Gasteiger partial charge in [0.15, 0.2) is 11.5 Å². The lowest BCUT2D eigenvalue weighted by Gasteiger charge is -2.12. The summed E-state index contributed by atoms with van der Waals surface area (Å²) in [5.74, 6) is 1.88. The molecule has 33 heavy (non-hydrogen) atoms. The monoisotopic (exact) mass is 468 g/mol.